The second-order valence-corrected chi connectivity index (χ2v) is 6.78. The minimum absolute atomic E-state index is 0.314. The minimum Gasteiger partial charge on any atom is -0.493 e. The molecule has 0 aliphatic carbocycles. The first-order valence-corrected chi connectivity index (χ1v) is 9.71. The molecule has 31 heavy (non-hydrogen) atoms. The Morgan fingerprint density at radius 2 is 1.77 bits per heavy atom. The second kappa shape index (κ2) is 9.27. The highest BCUT2D eigenvalue weighted by atomic mass is 35.5. The van der Waals surface area contributed by atoms with Gasteiger partial charge in [-0.25, -0.2) is 4.68 Å². The van der Waals surface area contributed by atoms with Crippen LogP contribution in [0.25, 0.3) is 16.9 Å². The Balaban J connectivity index is 1.71. The summed E-state index contributed by atoms with van der Waals surface area (Å²) in [6.45, 7) is 0. The molecule has 4 aromatic rings. The molecule has 9 heteroatoms. The quantitative estimate of drug-likeness (QED) is 0.341. The molecular weight excluding hydrogens is 416 g/mol. The van der Waals surface area contributed by atoms with Crippen LogP contribution >= 0.6 is 11.6 Å². The molecular formula is C22H19ClN6O2. The van der Waals surface area contributed by atoms with Crippen LogP contribution in [0.2, 0.25) is 5.15 Å². The van der Waals surface area contributed by atoms with Gasteiger partial charge < -0.3 is 9.47 Å². The van der Waals surface area contributed by atoms with Crippen molar-refractivity contribution in [3.05, 3.63) is 77.6 Å². The molecule has 0 atom stereocenters. The Bertz CT molecular complexity index is 1190. The van der Waals surface area contributed by atoms with Crippen LogP contribution in [0.5, 0.6) is 11.5 Å². The molecule has 0 amide bonds. The Labute approximate surface area is 184 Å². The van der Waals surface area contributed by atoms with Gasteiger partial charge in [0.05, 0.1) is 26.1 Å². The summed E-state index contributed by atoms with van der Waals surface area (Å²) in [5.74, 6) is 1.74. The van der Waals surface area contributed by atoms with E-state index in [0.717, 1.165) is 22.5 Å². The van der Waals surface area contributed by atoms with Crippen LogP contribution in [0.15, 0.2) is 72.0 Å². The summed E-state index contributed by atoms with van der Waals surface area (Å²) >= 11 is 5.77. The third-order valence-electron chi connectivity index (χ3n) is 4.43. The van der Waals surface area contributed by atoms with Crippen molar-refractivity contribution in [3.8, 4) is 28.4 Å². The first-order chi connectivity index (χ1) is 15.2. The van der Waals surface area contributed by atoms with Gasteiger partial charge in [-0.05, 0) is 42.5 Å². The maximum absolute atomic E-state index is 5.77. The first-order valence-electron chi connectivity index (χ1n) is 9.33. The number of methoxy groups -OCH3 is 2. The van der Waals surface area contributed by atoms with Gasteiger partial charge in [0.15, 0.2) is 22.5 Å². The van der Waals surface area contributed by atoms with Crippen molar-refractivity contribution < 1.29 is 9.47 Å². The smallest absolute Gasteiger partial charge is 0.168 e. The molecule has 0 saturated heterocycles. The molecule has 0 radical (unpaired) electrons. The Hall–Kier alpha value is -3.91. The van der Waals surface area contributed by atoms with Crippen molar-refractivity contribution in [1.29, 1.82) is 0 Å². The number of hydrogen-bond donors (Lipinski definition) is 1. The molecule has 2 aromatic carbocycles. The Morgan fingerprint density at radius 3 is 2.48 bits per heavy atom. The molecule has 0 spiro atoms. The van der Waals surface area contributed by atoms with E-state index in [4.69, 9.17) is 26.2 Å². The topological polar surface area (TPSA) is 86.5 Å². The van der Waals surface area contributed by atoms with E-state index >= 15 is 0 Å². The summed E-state index contributed by atoms with van der Waals surface area (Å²) in [7, 11) is 3.20. The number of ether oxygens (including phenoxy) is 2. The summed E-state index contributed by atoms with van der Waals surface area (Å²) < 4.78 is 12.6. The predicted octanol–water partition coefficient (Wildman–Crippen LogP) is 4.45. The van der Waals surface area contributed by atoms with Crippen LogP contribution in [0.1, 0.15) is 5.56 Å². The van der Waals surface area contributed by atoms with Crippen LogP contribution in [0, 0.1) is 0 Å². The normalized spacial score (nSPS) is 10.9. The minimum atomic E-state index is 0.314. The Morgan fingerprint density at radius 1 is 0.968 bits per heavy atom. The van der Waals surface area contributed by atoms with Gasteiger partial charge in [0.25, 0.3) is 0 Å². The molecule has 0 aliphatic rings. The summed E-state index contributed by atoms with van der Waals surface area (Å²) in [5.41, 5.74) is 6.17. The highest BCUT2D eigenvalue weighted by Crippen LogP contribution is 2.33. The van der Waals surface area contributed by atoms with Gasteiger partial charge in [-0.3, -0.25) is 5.43 Å². The number of benzene rings is 2. The zero-order valence-corrected chi connectivity index (χ0v) is 17.6. The van der Waals surface area contributed by atoms with E-state index in [2.05, 4.69) is 20.7 Å². The van der Waals surface area contributed by atoms with E-state index in [1.165, 1.54) is 0 Å². The molecule has 0 aliphatic heterocycles. The number of aromatic nitrogens is 4. The van der Waals surface area contributed by atoms with Gasteiger partial charge >= 0.3 is 0 Å². The highest BCUT2D eigenvalue weighted by Gasteiger charge is 2.14. The lowest BCUT2D eigenvalue weighted by molar-refractivity contribution is 0.355. The number of halogens is 1. The molecule has 2 heterocycles. The van der Waals surface area contributed by atoms with E-state index in [9.17, 15) is 0 Å². The average Bonchev–Trinajstić information content (AvgIpc) is 3.24. The zero-order chi connectivity index (χ0) is 21.6. The van der Waals surface area contributed by atoms with Gasteiger partial charge in [-0.2, -0.15) is 10.2 Å². The summed E-state index contributed by atoms with van der Waals surface area (Å²) in [6, 6.07) is 18.8. The number of anilines is 1. The molecule has 0 saturated carbocycles. The molecule has 2 aromatic heterocycles. The van der Waals surface area contributed by atoms with E-state index in [1.54, 1.807) is 37.2 Å². The van der Waals surface area contributed by atoms with E-state index in [0.29, 0.717) is 22.5 Å². The molecule has 8 nitrogen and oxygen atoms in total. The lowest BCUT2D eigenvalue weighted by Gasteiger charge is -2.09. The van der Waals surface area contributed by atoms with Gasteiger partial charge in [0.2, 0.25) is 0 Å². The van der Waals surface area contributed by atoms with E-state index in [1.807, 2.05) is 54.7 Å². The van der Waals surface area contributed by atoms with Gasteiger partial charge in [-0.15, -0.1) is 10.2 Å². The van der Waals surface area contributed by atoms with Crippen molar-refractivity contribution in [1.82, 2.24) is 20.0 Å². The lowest BCUT2D eigenvalue weighted by atomic mass is 10.1. The SMILES string of the molecule is COc1ccc(-c2nn(-c3ccccc3)cc2/C=N\Nc2ccc(Cl)nn2)cc1OC. The van der Waals surface area contributed by atoms with Crippen LogP contribution in [0.4, 0.5) is 5.82 Å². The van der Waals surface area contributed by atoms with E-state index in [-0.39, 0.29) is 0 Å². The fraction of sp³-hybridized carbons (Fsp3) is 0.0909. The number of hydrogen-bond acceptors (Lipinski definition) is 7. The number of para-hydroxylation sites is 1. The fourth-order valence-corrected chi connectivity index (χ4v) is 3.05. The van der Waals surface area contributed by atoms with Gasteiger partial charge in [0, 0.05) is 17.3 Å². The highest BCUT2D eigenvalue weighted by molar-refractivity contribution is 6.29. The maximum atomic E-state index is 5.77. The first kappa shape index (κ1) is 20.4. The predicted molar refractivity (Wildman–Crippen MR) is 120 cm³/mol. The monoisotopic (exact) mass is 434 g/mol. The number of hydrazone groups is 1. The lowest BCUT2D eigenvalue weighted by Crippen LogP contribution is -1.96. The summed E-state index contributed by atoms with van der Waals surface area (Å²) in [6.07, 6.45) is 3.58. The third-order valence-corrected chi connectivity index (χ3v) is 4.64. The third kappa shape index (κ3) is 4.65. The fourth-order valence-electron chi connectivity index (χ4n) is 2.95. The molecule has 4 rings (SSSR count). The number of nitrogens with zero attached hydrogens (tertiary/aromatic N) is 5. The second-order valence-electron chi connectivity index (χ2n) is 6.39. The van der Waals surface area contributed by atoms with E-state index < -0.39 is 0 Å². The van der Waals surface area contributed by atoms with Crippen LogP contribution in [0.3, 0.4) is 0 Å². The van der Waals surface area contributed by atoms with Crippen LogP contribution in [-0.4, -0.2) is 40.4 Å². The molecule has 0 bridgehead atoms. The van der Waals surface area contributed by atoms with Gasteiger partial charge in [-0.1, -0.05) is 29.8 Å². The summed E-state index contributed by atoms with van der Waals surface area (Å²) in [4.78, 5) is 0. The van der Waals surface area contributed by atoms with Crippen molar-refractivity contribution >= 4 is 23.6 Å². The maximum Gasteiger partial charge on any atom is 0.168 e. The molecule has 0 fully saturated rings. The standard InChI is InChI=1S/C22H19ClN6O2/c1-30-18-9-8-15(12-19(18)31-2)22-16(13-24-26-21-11-10-20(23)25-27-21)14-29(28-22)17-6-4-3-5-7-17/h3-14H,1-2H3,(H,26,27)/b24-13-. The van der Waals surface area contributed by atoms with Crippen LogP contribution < -0.4 is 14.9 Å². The van der Waals surface area contributed by atoms with Crippen molar-refractivity contribution in [2.24, 2.45) is 5.10 Å². The molecule has 1 N–H and O–H groups in total. The molecule has 156 valence electrons. The number of rotatable bonds is 7. The van der Waals surface area contributed by atoms with Crippen molar-refractivity contribution in [2.45, 2.75) is 0 Å². The number of nitrogens with one attached hydrogen (secondary N) is 1. The Kier molecular flexibility index (Phi) is 6.09. The average molecular weight is 435 g/mol. The van der Waals surface area contributed by atoms with Crippen molar-refractivity contribution in [3.63, 3.8) is 0 Å². The zero-order valence-electron chi connectivity index (χ0n) is 16.9. The summed E-state index contributed by atoms with van der Waals surface area (Å²) in [5, 5.41) is 17.1. The van der Waals surface area contributed by atoms with Crippen molar-refractivity contribution in [2.75, 3.05) is 19.6 Å². The molecule has 0 unspecified atom stereocenters. The van der Waals surface area contributed by atoms with Gasteiger partial charge in [0.1, 0.15) is 5.69 Å². The largest absolute Gasteiger partial charge is 0.493 e. The van der Waals surface area contributed by atoms with Crippen LogP contribution in [-0.2, 0) is 0 Å².